The fourth-order valence-electron chi connectivity index (χ4n) is 4.83. The third kappa shape index (κ3) is 6.91. The summed E-state index contributed by atoms with van der Waals surface area (Å²) in [4.78, 5) is 37.9. The van der Waals surface area contributed by atoms with Gasteiger partial charge in [0.05, 0.1) is 23.7 Å². The van der Waals surface area contributed by atoms with Crippen LogP contribution in [0.1, 0.15) is 35.2 Å². The van der Waals surface area contributed by atoms with Crippen LogP contribution in [0.5, 0.6) is 11.5 Å². The summed E-state index contributed by atoms with van der Waals surface area (Å²) in [5, 5.41) is 23.9. The van der Waals surface area contributed by atoms with E-state index in [1.165, 1.54) is 65.3 Å². The van der Waals surface area contributed by atoms with Crippen molar-refractivity contribution < 1.29 is 37.5 Å². The second-order valence-corrected chi connectivity index (χ2v) is 11.4. The number of esters is 1. The highest BCUT2D eigenvalue weighted by atomic mass is 32.2. The number of hydrogen-bond acceptors (Lipinski definition) is 10. The molecule has 2 atom stereocenters. The number of rotatable bonds is 12. The van der Waals surface area contributed by atoms with Crippen LogP contribution in [0.4, 0.5) is 14.5 Å². The van der Waals surface area contributed by atoms with Gasteiger partial charge in [0.1, 0.15) is 0 Å². The van der Waals surface area contributed by atoms with Crippen molar-refractivity contribution in [2.24, 2.45) is 5.92 Å². The number of alkyl halides is 2. The molecule has 0 N–H and O–H groups in total. The number of halogens is 2. The summed E-state index contributed by atoms with van der Waals surface area (Å²) in [6.45, 7) is -2.64. The van der Waals surface area contributed by atoms with Crippen LogP contribution in [0.3, 0.4) is 0 Å². The highest BCUT2D eigenvalue weighted by molar-refractivity contribution is 8.00. The van der Waals surface area contributed by atoms with E-state index < -0.39 is 34.3 Å². The summed E-state index contributed by atoms with van der Waals surface area (Å²) in [5.74, 6) is -0.375. The van der Waals surface area contributed by atoms with Crippen molar-refractivity contribution in [1.82, 2.24) is 9.96 Å². The highest BCUT2D eigenvalue weighted by Crippen LogP contribution is 2.41. The predicted molar refractivity (Wildman–Crippen MR) is 152 cm³/mol. The zero-order valence-electron chi connectivity index (χ0n) is 22.8. The van der Waals surface area contributed by atoms with Crippen molar-refractivity contribution in [3.05, 3.63) is 93.3 Å². The van der Waals surface area contributed by atoms with Crippen LogP contribution in [0.25, 0.3) is 0 Å². The van der Waals surface area contributed by atoms with Crippen molar-refractivity contribution >= 4 is 29.3 Å². The first-order valence-corrected chi connectivity index (χ1v) is 14.6. The molecule has 14 heteroatoms. The Kier molecular flexibility index (Phi) is 9.16. The Morgan fingerprint density at radius 2 is 1.88 bits per heavy atom. The number of non-ortho nitro benzene ring substituents is 1. The molecule has 2 aromatic carbocycles. The van der Waals surface area contributed by atoms with Crippen molar-refractivity contribution in [1.29, 1.82) is 0 Å². The number of ether oxygens (including phenoxy) is 3. The molecule has 1 amide bonds. The SMILES string of the molecule is O=C(OCC[C@@]1(c2ccc(OC(F)F)c(OCC3CC3)c2)C=CC=CN1[O-])C1SCCN1C(=O)c1ccc([N+](=O)[O-])cc1. The zero-order chi connectivity index (χ0) is 30.6. The van der Waals surface area contributed by atoms with Crippen LogP contribution < -0.4 is 9.47 Å². The molecular weight excluding hydrogens is 588 g/mol. The summed E-state index contributed by atoms with van der Waals surface area (Å²) in [6.07, 6.45) is 8.14. The Hall–Kier alpha value is -4.17. The molecule has 0 bridgehead atoms. The number of nitro groups is 1. The molecule has 2 aliphatic heterocycles. The molecule has 1 saturated carbocycles. The van der Waals surface area contributed by atoms with Gasteiger partial charge in [-0.1, -0.05) is 18.2 Å². The summed E-state index contributed by atoms with van der Waals surface area (Å²) < 4.78 is 42.1. The average molecular weight is 617 g/mol. The Bertz CT molecular complexity index is 1420. The van der Waals surface area contributed by atoms with E-state index in [2.05, 4.69) is 4.74 Å². The van der Waals surface area contributed by atoms with E-state index >= 15 is 0 Å². The Labute approximate surface area is 249 Å². The zero-order valence-corrected chi connectivity index (χ0v) is 23.6. The van der Waals surface area contributed by atoms with Gasteiger partial charge in [0, 0.05) is 36.4 Å². The lowest BCUT2D eigenvalue weighted by Gasteiger charge is -2.48. The molecule has 43 heavy (non-hydrogen) atoms. The van der Waals surface area contributed by atoms with E-state index in [9.17, 15) is 33.7 Å². The molecule has 5 rings (SSSR count). The summed E-state index contributed by atoms with van der Waals surface area (Å²) >= 11 is 1.23. The number of hydroxylamine groups is 2. The van der Waals surface area contributed by atoms with Crippen LogP contribution in [-0.4, -0.2) is 64.3 Å². The van der Waals surface area contributed by atoms with Gasteiger partial charge >= 0.3 is 12.6 Å². The van der Waals surface area contributed by atoms with Gasteiger partial charge in [-0.25, -0.2) is 4.79 Å². The van der Waals surface area contributed by atoms with E-state index in [0.29, 0.717) is 28.9 Å². The van der Waals surface area contributed by atoms with Crippen LogP contribution in [-0.2, 0) is 15.1 Å². The minimum atomic E-state index is -3.06. The summed E-state index contributed by atoms with van der Waals surface area (Å²) in [6, 6.07) is 9.43. The molecule has 0 radical (unpaired) electrons. The molecule has 0 spiro atoms. The largest absolute Gasteiger partial charge is 0.758 e. The van der Waals surface area contributed by atoms with Crippen molar-refractivity contribution in [3.8, 4) is 11.5 Å². The van der Waals surface area contributed by atoms with Gasteiger partial charge in [-0.3, -0.25) is 14.9 Å². The second kappa shape index (κ2) is 13.0. The molecule has 1 aliphatic carbocycles. The third-order valence-electron chi connectivity index (χ3n) is 7.33. The molecule has 1 unspecified atom stereocenters. The fourth-order valence-corrected chi connectivity index (χ4v) is 5.94. The molecule has 3 aliphatic rings. The quantitative estimate of drug-likeness (QED) is 0.178. The number of carbonyl (C=O) groups is 2. The van der Waals surface area contributed by atoms with Gasteiger partial charge in [0.2, 0.25) is 0 Å². The van der Waals surface area contributed by atoms with Crippen LogP contribution >= 0.6 is 11.8 Å². The van der Waals surface area contributed by atoms with Crippen LogP contribution in [0.15, 0.2) is 66.9 Å². The van der Waals surface area contributed by atoms with Crippen LogP contribution in [0, 0.1) is 21.2 Å². The minimum Gasteiger partial charge on any atom is -0.758 e. The average Bonchev–Trinajstić information content (AvgIpc) is 3.69. The van der Waals surface area contributed by atoms with Gasteiger partial charge < -0.3 is 29.4 Å². The molecule has 2 heterocycles. The number of thioether (sulfide) groups is 1. The highest BCUT2D eigenvalue weighted by Gasteiger charge is 2.38. The first-order valence-electron chi connectivity index (χ1n) is 13.6. The monoisotopic (exact) mass is 616 g/mol. The normalized spacial score (nSPS) is 21.3. The topological polar surface area (TPSA) is 135 Å². The lowest BCUT2D eigenvalue weighted by atomic mass is 9.84. The third-order valence-corrected chi connectivity index (χ3v) is 8.52. The van der Waals surface area contributed by atoms with Gasteiger partial charge in [0.25, 0.3) is 11.6 Å². The summed E-state index contributed by atoms with van der Waals surface area (Å²) in [5.41, 5.74) is -0.872. The van der Waals surface area contributed by atoms with Crippen molar-refractivity contribution in [2.75, 3.05) is 25.5 Å². The number of hydrogen-bond donors (Lipinski definition) is 0. The molecule has 0 aromatic heterocycles. The first-order chi connectivity index (χ1) is 20.7. The van der Waals surface area contributed by atoms with E-state index in [1.54, 1.807) is 18.2 Å². The lowest BCUT2D eigenvalue weighted by molar-refractivity contribution is -0.384. The maximum Gasteiger partial charge on any atom is 0.387 e. The Morgan fingerprint density at radius 3 is 2.56 bits per heavy atom. The molecule has 2 aromatic rings. The minimum absolute atomic E-state index is 0.00782. The Morgan fingerprint density at radius 1 is 1.12 bits per heavy atom. The van der Waals surface area contributed by atoms with Gasteiger partial charge in [-0.05, 0) is 60.9 Å². The first kappa shape index (κ1) is 30.3. The second-order valence-electron chi connectivity index (χ2n) is 10.2. The standard InChI is InChI=1S/C29H28F2N3O8S/c30-28(31)42-23-10-7-21(17-24(23)41-18-19-3-4-19)29(11-1-2-13-33(29)37)12-15-40-27(36)26-32(14-16-43-26)25(35)20-5-8-22(9-6-20)34(38)39/h1-2,5-11,13,17,19,26,28H,3-4,12,14-16,18H2/q-1/t26?,29-/m1/s1. The smallest absolute Gasteiger partial charge is 0.387 e. The molecule has 228 valence electrons. The fraction of sp³-hybridized carbons (Fsp3) is 0.379. The Balaban J connectivity index is 1.29. The maximum atomic E-state index is 13.2. The number of benzene rings is 2. The molecular formula is C29H28F2N3O8S-. The molecule has 1 saturated heterocycles. The maximum absolute atomic E-state index is 13.2. The van der Waals surface area contributed by atoms with E-state index in [0.717, 1.165) is 12.8 Å². The van der Waals surface area contributed by atoms with Gasteiger partial charge in [-0.2, -0.15) is 8.78 Å². The van der Waals surface area contributed by atoms with Crippen molar-refractivity contribution in [3.63, 3.8) is 0 Å². The van der Waals surface area contributed by atoms with E-state index in [-0.39, 0.29) is 42.3 Å². The molecule has 2 fully saturated rings. The number of allylic oxidation sites excluding steroid dienone is 2. The van der Waals surface area contributed by atoms with Crippen LogP contribution in [0.2, 0.25) is 0 Å². The van der Waals surface area contributed by atoms with E-state index in [1.807, 2.05) is 0 Å². The number of amides is 1. The van der Waals surface area contributed by atoms with Gasteiger partial charge in [0.15, 0.2) is 16.9 Å². The van der Waals surface area contributed by atoms with Gasteiger partial charge in [-0.15, -0.1) is 11.8 Å². The predicted octanol–water partition coefficient (Wildman–Crippen LogP) is 5.21. The lowest BCUT2D eigenvalue weighted by Crippen LogP contribution is -2.42. The molecule has 11 nitrogen and oxygen atoms in total. The van der Waals surface area contributed by atoms with Crippen molar-refractivity contribution in [2.45, 2.75) is 36.8 Å². The number of nitrogens with zero attached hydrogens (tertiary/aromatic N) is 3. The summed E-state index contributed by atoms with van der Waals surface area (Å²) in [7, 11) is 0. The van der Waals surface area contributed by atoms with E-state index in [4.69, 9.17) is 9.47 Å². The number of nitro benzene ring substituents is 1. The number of carbonyl (C=O) groups excluding carboxylic acids is 2.